The van der Waals surface area contributed by atoms with Crippen LogP contribution in [0.25, 0.3) is 0 Å². The number of amides is 1. The molecule has 7 nitrogen and oxygen atoms in total. The largest absolute Gasteiger partial charge is 0.389 e. The normalized spacial score (nSPS) is 18.9. The number of benzene rings is 1. The number of nitrogens with zero attached hydrogens (tertiary/aromatic N) is 3. The van der Waals surface area contributed by atoms with Crippen molar-refractivity contribution in [2.75, 3.05) is 25.0 Å². The van der Waals surface area contributed by atoms with Crippen molar-refractivity contribution < 1.29 is 14.8 Å². The van der Waals surface area contributed by atoms with Crippen LogP contribution in [0.2, 0.25) is 0 Å². The van der Waals surface area contributed by atoms with E-state index in [0.29, 0.717) is 5.69 Å². The van der Waals surface area contributed by atoms with Crippen LogP contribution in [0.3, 0.4) is 0 Å². The van der Waals surface area contributed by atoms with Crippen LogP contribution < -0.4 is 4.90 Å². The first kappa shape index (κ1) is 17.4. The van der Waals surface area contributed by atoms with Crippen LogP contribution in [0.15, 0.2) is 24.3 Å². The molecule has 1 amide bonds. The molecule has 0 aromatic heterocycles. The van der Waals surface area contributed by atoms with Crippen molar-refractivity contribution in [3.63, 3.8) is 0 Å². The molecule has 1 atom stereocenters. The number of aliphatic hydroxyl groups is 1. The highest BCUT2D eigenvalue weighted by molar-refractivity contribution is 5.94. The van der Waals surface area contributed by atoms with E-state index in [1.54, 1.807) is 33.0 Å². The number of hydrogen-bond acceptors (Lipinski definition) is 5. The fourth-order valence-electron chi connectivity index (χ4n) is 3.04. The molecule has 1 aliphatic rings. The molecule has 1 unspecified atom stereocenters. The van der Waals surface area contributed by atoms with Crippen LogP contribution in [0, 0.1) is 10.1 Å². The van der Waals surface area contributed by atoms with Crippen LogP contribution in [-0.2, 0) is 4.79 Å². The van der Waals surface area contributed by atoms with Gasteiger partial charge < -0.3 is 10.0 Å². The molecule has 0 aliphatic carbocycles. The number of non-ortho nitro benzene ring substituents is 1. The van der Waals surface area contributed by atoms with E-state index in [1.165, 1.54) is 17.0 Å². The number of rotatable bonds is 5. The summed E-state index contributed by atoms with van der Waals surface area (Å²) < 4.78 is 0. The van der Waals surface area contributed by atoms with E-state index in [0.717, 1.165) is 19.4 Å². The van der Waals surface area contributed by atoms with Crippen LogP contribution >= 0.6 is 0 Å². The molecule has 7 heteroatoms. The number of likely N-dealkylation sites (N-methyl/N-ethyl adjacent to an activating group) is 1. The maximum Gasteiger partial charge on any atom is 0.269 e. The Morgan fingerprint density at radius 2 is 2.04 bits per heavy atom. The second kappa shape index (κ2) is 6.64. The minimum atomic E-state index is -0.845. The summed E-state index contributed by atoms with van der Waals surface area (Å²) in [4.78, 5) is 26.2. The van der Waals surface area contributed by atoms with Gasteiger partial charge in [-0.05, 0) is 45.4 Å². The molecule has 23 heavy (non-hydrogen) atoms. The molecule has 126 valence electrons. The molecule has 0 bridgehead atoms. The minimum absolute atomic E-state index is 0.00349. The number of likely N-dealkylation sites (tertiary alicyclic amines) is 1. The molecular formula is C16H23N3O4. The molecule has 2 rings (SSSR count). The molecule has 1 N–H and O–H groups in total. The topological polar surface area (TPSA) is 86.9 Å². The average molecular weight is 321 g/mol. The van der Waals surface area contributed by atoms with Gasteiger partial charge in [-0.3, -0.25) is 19.8 Å². The zero-order chi connectivity index (χ0) is 17.2. The first-order chi connectivity index (χ1) is 10.7. The fraction of sp³-hybridized carbons (Fsp3) is 0.562. The average Bonchev–Trinajstić information content (AvgIpc) is 2.94. The predicted molar refractivity (Wildman–Crippen MR) is 87.4 cm³/mol. The first-order valence-corrected chi connectivity index (χ1v) is 7.67. The number of hydrogen-bond donors (Lipinski definition) is 1. The Bertz CT molecular complexity index is 580. The first-order valence-electron chi connectivity index (χ1n) is 7.67. The zero-order valence-corrected chi connectivity index (χ0v) is 13.7. The van der Waals surface area contributed by atoms with Crippen LogP contribution in [-0.4, -0.2) is 52.6 Å². The third kappa shape index (κ3) is 4.05. The molecular weight excluding hydrogens is 298 g/mol. The summed E-state index contributed by atoms with van der Waals surface area (Å²) in [6, 6.07) is 5.86. The molecule has 0 saturated carbocycles. The van der Waals surface area contributed by atoms with Crippen molar-refractivity contribution in [2.45, 2.75) is 38.3 Å². The summed E-state index contributed by atoms with van der Waals surface area (Å²) in [5.41, 5.74) is -0.237. The standard InChI is InChI=1S/C16H23N3O4/c1-16(2,21)14-5-4-10-18(14)11-15(20)17(3)12-6-8-13(9-7-12)19(22)23/h6-9,14,21H,4-5,10-11H2,1-3H3. The highest BCUT2D eigenvalue weighted by atomic mass is 16.6. The number of anilines is 1. The van der Waals surface area contributed by atoms with Gasteiger partial charge in [0.25, 0.3) is 5.69 Å². The number of carbonyl (C=O) groups is 1. The van der Waals surface area contributed by atoms with Gasteiger partial charge in [0.15, 0.2) is 0 Å². The lowest BCUT2D eigenvalue weighted by Crippen LogP contribution is -2.49. The quantitative estimate of drug-likeness (QED) is 0.660. The molecule has 1 aromatic carbocycles. The lowest BCUT2D eigenvalue weighted by Gasteiger charge is -2.34. The summed E-state index contributed by atoms with van der Waals surface area (Å²) in [6.45, 7) is 4.54. The third-order valence-corrected chi connectivity index (χ3v) is 4.34. The molecule has 1 aromatic rings. The maximum absolute atomic E-state index is 12.5. The fourth-order valence-corrected chi connectivity index (χ4v) is 3.04. The summed E-state index contributed by atoms with van der Waals surface area (Å²) in [6.07, 6.45) is 1.83. The number of nitro benzene ring substituents is 1. The second-order valence-electron chi connectivity index (χ2n) is 6.51. The highest BCUT2D eigenvalue weighted by Gasteiger charge is 2.36. The molecule has 0 radical (unpaired) electrons. The van der Waals surface area contributed by atoms with E-state index < -0.39 is 10.5 Å². The van der Waals surface area contributed by atoms with Crippen LogP contribution in [0.1, 0.15) is 26.7 Å². The molecule has 1 fully saturated rings. The van der Waals surface area contributed by atoms with E-state index in [2.05, 4.69) is 0 Å². The zero-order valence-electron chi connectivity index (χ0n) is 13.7. The van der Waals surface area contributed by atoms with Crippen molar-refractivity contribution in [2.24, 2.45) is 0 Å². The molecule has 0 spiro atoms. The number of nitro groups is 1. The molecule has 1 saturated heterocycles. The summed E-state index contributed by atoms with van der Waals surface area (Å²) in [7, 11) is 1.65. The lowest BCUT2D eigenvalue weighted by molar-refractivity contribution is -0.384. The Balaban J connectivity index is 2.03. The van der Waals surface area contributed by atoms with E-state index in [4.69, 9.17) is 0 Å². The van der Waals surface area contributed by atoms with Gasteiger partial charge in [0.2, 0.25) is 5.91 Å². The van der Waals surface area contributed by atoms with E-state index in [-0.39, 0.29) is 24.2 Å². The van der Waals surface area contributed by atoms with E-state index in [9.17, 15) is 20.0 Å². The van der Waals surface area contributed by atoms with Crippen LogP contribution in [0.4, 0.5) is 11.4 Å². The van der Waals surface area contributed by atoms with Crippen molar-refractivity contribution in [1.82, 2.24) is 4.90 Å². The van der Waals surface area contributed by atoms with Crippen LogP contribution in [0.5, 0.6) is 0 Å². The Morgan fingerprint density at radius 3 is 2.57 bits per heavy atom. The summed E-state index contributed by atoms with van der Waals surface area (Å²) >= 11 is 0. The van der Waals surface area contributed by atoms with Gasteiger partial charge in [0, 0.05) is 30.9 Å². The van der Waals surface area contributed by atoms with Gasteiger partial charge in [-0.1, -0.05) is 0 Å². The monoisotopic (exact) mass is 321 g/mol. The number of carbonyl (C=O) groups excluding carboxylic acids is 1. The van der Waals surface area contributed by atoms with Crippen molar-refractivity contribution in [3.05, 3.63) is 34.4 Å². The molecule has 1 heterocycles. The smallest absolute Gasteiger partial charge is 0.269 e. The van der Waals surface area contributed by atoms with Gasteiger partial charge in [-0.25, -0.2) is 0 Å². The maximum atomic E-state index is 12.5. The van der Waals surface area contributed by atoms with Crippen molar-refractivity contribution >= 4 is 17.3 Å². The lowest BCUT2D eigenvalue weighted by atomic mass is 9.97. The SMILES string of the molecule is CN(C(=O)CN1CCCC1C(C)(C)O)c1ccc([N+](=O)[O-])cc1. The Kier molecular flexibility index (Phi) is 5.01. The van der Waals surface area contributed by atoms with E-state index in [1.807, 2.05) is 4.90 Å². The van der Waals surface area contributed by atoms with Gasteiger partial charge in [-0.15, -0.1) is 0 Å². The van der Waals surface area contributed by atoms with Gasteiger partial charge in [0.1, 0.15) is 0 Å². The van der Waals surface area contributed by atoms with Gasteiger partial charge in [0.05, 0.1) is 17.1 Å². The van der Waals surface area contributed by atoms with Gasteiger partial charge in [-0.2, -0.15) is 0 Å². The highest BCUT2D eigenvalue weighted by Crippen LogP contribution is 2.27. The van der Waals surface area contributed by atoms with Gasteiger partial charge >= 0.3 is 0 Å². The Hall–Kier alpha value is -1.99. The Morgan fingerprint density at radius 1 is 1.43 bits per heavy atom. The van der Waals surface area contributed by atoms with Crippen molar-refractivity contribution in [3.8, 4) is 0 Å². The minimum Gasteiger partial charge on any atom is -0.389 e. The summed E-state index contributed by atoms with van der Waals surface area (Å²) in [5, 5.41) is 20.9. The summed E-state index contributed by atoms with van der Waals surface area (Å²) in [5.74, 6) is -0.102. The predicted octanol–water partition coefficient (Wildman–Crippen LogP) is 1.79. The van der Waals surface area contributed by atoms with Crippen molar-refractivity contribution in [1.29, 1.82) is 0 Å². The third-order valence-electron chi connectivity index (χ3n) is 4.34. The van der Waals surface area contributed by atoms with E-state index >= 15 is 0 Å². The Labute approximate surface area is 135 Å². The second-order valence-corrected chi connectivity index (χ2v) is 6.51. The molecule has 1 aliphatic heterocycles.